The Kier molecular flexibility index (Phi) is 3.87. The molecule has 0 aliphatic heterocycles. The molecule has 2 saturated carbocycles. The maximum Gasteiger partial charge on any atom is 0.407 e. The van der Waals surface area contributed by atoms with Crippen LogP contribution in [0.4, 0.5) is 9.18 Å². The third-order valence-corrected chi connectivity index (χ3v) is 5.63. The van der Waals surface area contributed by atoms with Crippen LogP contribution >= 0.6 is 0 Å². The number of benzene rings is 1. The first kappa shape index (κ1) is 15.4. The van der Waals surface area contributed by atoms with Crippen LogP contribution in [0.5, 0.6) is 0 Å². The van der Waals surface area contributed by atoms with Crippen molar-refractivity contribution in [1.82, 2.24) is 10.3 Å². The maximum absolute atomic E-state index is 13.7. The molecule has 4 atom stereocenters. The third-order valence-electron chi connectivity index (χ3n) is 5.63. The average molecular weight is 328 g/mol. The summed E-state index contributed by atoms with van der Waals surface area (Å²) in [4.78, 5) is 15.7. The van der Waals surface area contributed by atoms with Crippen LogP contribution in [0.1, 0.15) is 37.2 Å². The molecule has 0 spiro atoms. The Hall–Kier alpha value is -2.17. The van der Waals surface area contributed by atoms with Gasteiger partial charge in [-0.15, -0.1) is 0 Å². The summed E-state index contributed by atoms with van der Waals surface area (Å²) in [5, 5.41) is 3.45. The number of aromatic nitrogens is 1. The van der Waals surface area contributed by atoms with Crippen molar-refractivity contribution < 1.29 is 13.9 Å². The van der Waals surface area contributed by atoms with Crippen molar-refractivity contribution in [3.63, 3.8) is 0 Å². The monoisotopic (exact) mass is 328 g/mol. The van der Waals surface area contributed by atoms with Gasteiger partial charge in [-0.1, -0.05) is 0 Å². The van der Waals surface area contributed by atoms with E-state index >= 15 is 0 Å². The fraction of sp³-hybridized carbons (Fsp3) is 0.474. The Labute approximate surface area is 140 Å². The number of amides is 1. The zero-order valence-corrected chi connectivity index (χ0v) is 13.7. The van der Waals surface area contributed by atoms with Crippen LogP contribution in [0.25, 0.3) is 10.9 Å². The SMILES string of the molecule is CNC(=O)OC1C[C@@H]2CC(c3ccnc4ccc(F)cc34)C[C@@H]2C1. The normalized spacial score (nSPS) is 28.8. The van der Waals surface area contributed by atoms with E-state index in [9.17, 15) is 9.18 Å². The minimum atomic E-state index is -0.341. The summed E-state index contributed by atoms with van der Waals surface area (Å²) < 4.78 is 19.1. The van der Waals surface area contributed by atoms with Gasteiger partial charge in [-0.2, -0.15) is 0 Å². The average Bonchev–Trinajstić information content (AvgIpc) is 3.12. The van der Waals surface area contributed by atoms with Crippen LogP contribution in [0, 0.1) is 17.7 Å². The van der Waals surface area contributed by atoms with Crippen molar-refractivity contribution in [3.05, 3.63) is 41.8 Å². The van der Waals surface area contributed by atoms with E-state index < -0.39 is 0 Å². The first-order valence-corrected chi connectivity index (χ1v) is 8.56. The first-order chi connectivity index (χ1) is 11.6. The van der Waals surface area contributed by atoms with E-state index in [1.165, 1.54) is 11.6 Å². The number of nitrogens with zero attached hydrogens (tertiary/aromatic N) is 1. The lowest BCUT2D eigenvalue weighted by Gasteiger charge is -2.17. The van der Waals surface area contributed by atoms with Gasteiger partial charge in [0, 0.05) is 18.6 Å². The van der Waals surface area contributed by atoms with Crippen molar-refractivity contribution >= 4 is 17.0 Å². The van der Waals surface area contributed by atoms with Gasteiger partial charge in [0.1, 0.15) is 11.9 Å². The number of nitrogens with one attached hydrogen (secondary N) is 1. The molecular formula is C19H21FN2O2. The largest absolute Gasteiger partial charge is 0.446 e. The van der Waals surface area contributed by atoms with Crippen LogP contribution in [0.3, 0.4) is 0 Å². The minimum Gasteiger partial charge on any atom is -0.446 e. The van der Waals surface area contributed by atoms with Crippen LogP contribution in [-0.4, -0.2) is 24.2 Å². The van der Waals surface area contributed by atoms with Crippen molar-refractivity contribution in [1.29, 1.82) is 0 Å². The van der Waals surface area contributed by atoms with E-state index in [0.717, 1.165) is 36.6 Å². The van der Waals surface area contributed by atoms with E-state index in [1.807, 2.05) is 12.3 Å². The van der Waals surface area contributed by atoms with Crippen LogP contribution < -0.4 is 5.32 Å². The Bertz CT molecular complexity index is 765. The van der Waals surface area contributed by atoms with Gasteiger partial charge in [0.15, 0.2) is 0 Å². The van der Waals surface area contributed by atoms with Crippen LogP contribution in [-0.2, 0) is 4.74 Å². The molecule has 2 fully saturated rings. The summed E-state index contributed by atoms with van der Waals surface area (Å²) in [7, 11) is 1.59. The van der Waals surface area contributed by atoms with E-state index in [2.05, 4.69) is 10.3 Å². The summed E-state index contributed by atoms with van der Waals surface area (Å²) in [6.45, 7) is 0. The number of carbonyl (C=O) groups excluding carboxylic acids is 1. The van der Waals surface area contributed by atoms with Crippen LogP contribution in [0.2, 0.25) is 0 Å². The smallest absolute Gasteiger partial charge is 0.407 e. The van der Waals surface area contributed by atoms with Gasteiger partial charge in [0.2, 0.25) is 0 Å². The fourth-order valence-corrected chi connectivity index (χ4v) is 4.62. The molecule has 1 aromatic heterocycles. The molecule has 2 aromatic rings. The number of halogens is 1. The predicted octanol–water partition coefficient (Wildman–Crippen LogP) is 4.00. The molecule has 5 heteroatoms. The van der Waals surface area contributed by atoms with Crippen molar-refractivity contribution in [2.45, 2.75) is 37.7 Å². The summed E-state index contributed by atoms with van der Waals surface area (Å²) in [5.74, 6) is 1.39. The van der Waals surface area contributed by atoms with Crippen molar-refractivity contribution in [2.75, 3.05) is 7.05 Å². The Morgan fingerprint density at radius 1 is 1.21 bits per heavy atom. The molecule has 24 heavy (non-hydrogen) atoms. The van der Waals surface area contributed by atoms with Gasteiger partial charge in [0.05, 0.1) is 5.52 Å². The van der Waals surface area contributed by atoms with Gasteiger partial charge < -0.3 is 10.1 Å². The summed E-state index contributed by atoms with van der Waals surface area (Å²) >= 11 is 0. The molecule has 4 nitrogen and oxygen atoms in total. The molecule has 2 aliphatic rings. The second kappa shape index (κ2) is 6.04. The first-order valence-electron chi connectivity index (χ1n) is 8.56. The number of fused-ring (bicyclic) bond motifs is 2. The zero-order chi connectivity index (χ0) is 16.7. The lowest BCUT2D eigenvalue weighted by molar-refractivity contribution is 0.0977. The molecule has 2 aliphatic carbocycles. The Morgan fingerprint density at radius 2 is 1.96 bits per heavy atom. The predicted molar refractivity (Wildman–Crippen MR) is 89.2 cm³/mol. The Balaban J connectivity index is 1.52. The minimum absolute atomic E-state index is 0.0347. The molecule has 0 bridgehead atoms. The molecule has 126 valence electrons. The number of hydrogen-bond donors (Lipinski definition) is 1. The highest BCUT2D eigenvalue weighted by Crippen LogP contribution is 2.52. The second-order valence-corrected chi connectivity index (χ2v) is 7.00. The number of pyridine rings is 1. The molecular weight excluding hydrogens is 307 g/mol. The zero-order valence-electron chi connectivity index (χ0n) is 13.7. The lowest BCUT2D eigenvalue weighted by Crippen LogP contribution is -2.24. The third kappa shape index (κ3) is 2.72. The van der Waals surface area contributed by atoms with E-state index in [0.29, 0.717) is 17.8 Å². The van der Waals surface area contributed by atoms with Gasteiger partial charge in [-0.3, -0.25) is 4.98 Å². The molecule has 4 rings (SSSR count). The van der Waals surface area contributed by atoms with Crippen molar-refractivity contribution in [2.24, 2.45) is 11.8 Å². The molecule has 0 saturated heterocycles. The molecule has 0 radical (unpaired) electrons. The van der Waals surface area contributed by atoms with Crippen molar-refractivity contribution in [3.8, 4) is 0 Å². The number of hydrogen-bond acceptors (Lipinski definition) is 3. The summed E-state index contributed by atoms with van der Waals surface area (Å²) in [6, 6.07) is 6.84. The number of rotatable bonds is 2. The molecule has 1 amide bonds. The van der Waals surface area contributed by atoms with Gasteiger partial charge in [0.25, 0.3) is 0 Å². The lowest BCUT2D eigenvalue weighted by atomic mass is 9.92. The maximum atomic E-state index is 13.7. The highest BCUT2D eigenvalue weighted by atomic mass is 19.1. The van der Waals surface area contributed by atoms with E-state index in [-0.39, 0.29) is 18.0 Å². The van der Waals surface area contributed by atoms with E-state index in [4.69, 9.17) is 4.74 Å². The fourth-order valence-electron chi connectivity index (χ4n) is 4.62. The standard InChI is InChI=1S/C19H21FN2O2/c1-21-19(23)24-15-8-11-6-13(7-12(11)9-15)16-4-5-22-18-3-2-14(20)10-17(16)18/h2-5,10-13,15H,6-9H2,1H3,(H,21,23)/t11-,12+,13?,15?. The highest BCUT2D eigenvalue weighted by Gasteiger charge is 2.43. The van der Waals surface area contributed by atoms with E-state index in [1.54, 1.807) is 19.2 Å². The summed E-state index contributed by atoms with van der Waals surface area (Å²) in [5.41, 5.74) is 2.06. The quantitative estimate of drug-likeness (QED) is 0.906. The van der Waals surface area contributed by atoms with Gasteiger partial charge in [-0.05, 0) is 73.3 Å². The second-order valence-electron chi connectivity index (χ2n) is 7.00. The molecule has 1 aromatic carbocycles. The number of alkyl carbamates (subject to hydrolysis) is 1. The van der Waals surface area contributed by atoms with Crippen LogP contribution in [0.15, 0.2) is 30.5 Å². The Morgan fingerprint density at radius 3 is 2.67 bits per heavy atom. The molecule has 2 unspecified atom stereocenters. The number of ether oxygens (including phenoxy) is 1. The highest BCUT2D eigenvalue weighted by molar-refractivity contribution is 5.82. The number of carbonyl (C=O) groups is 1. The topological polar surface area (TPSA) is 51.2 Å². The summed E-state index contributed by atoms with van der Waals surface area (Å²) in [6.07, 6.45) is 5.54. The molecule has 1 heterocycles. The molecule has 1 N–H and O–H groups in total. The van der Waals surface area contributed by atoms with Gasteiger partial charge >= 0.3 is 6.09 Å². The van der Waals surface area contributed by atoms with Gasteiger partial charge in [-0.25, -0.2) is 9.18 Å².